The molecule has 1 N–H and O–H groups in total. The molecule has 1 rings (SSSR count). The van der Waals surface area contributed by atoms with E-state index in [1.165, 1.54) is 18.6 Å². The summed E-state index contributed by atoms with van der Waals surface area (Å²) in [5, 5.41) is 4.40. The highest BCUT2D eigenvalue weighted by molar-refractivity contribution is 8.00. The molecule has 14 heavy (non-hydrogen) atoms. The van der Waals surface area contributed by atoms with E-state index >= 15 is 0 Å². The van der Waals surface area contributed by atoms with Gasteiger partial charge in [-0.2, -0.15) is 11.8 Å². The lowest BCUT2D eigenvalue weighted by Crippen LogP contribution is -2.40. The van der Waals surface area contributed by atoms with Gasteiger partial charge >= 0.3 is 0 Å². The molecule has 2 unspecified atom stereocenters. The molecule has 1 aliphatic rings. The number of rotatable bonds is 5. The molecule has 0 amide bonds. The van der Waals surface area contributed by atoms with Crippen molar-refractivity contribution in [2.24, 2.45) is 0 Å². The molecule has 1 nitrogen and oxygen atoms in total. The van der Waals surface area contributed by atoms with Crippen LogP contribution in [-0.2, 0) is 0 Å². The predicted molar refractivity (Wildman–Crippen MR) is 69.1 cm³/mol. The summed E-state index contributed by atoms with van der Waals surface area (Å²) in [7, 11) is 0. The Hall–Kier alpha value is 0.220. The molecule has 0 aromatic heterocycles. The zero-order chi connectivity index (χ0) is 10.2. The Labute approximate surface area is 96.2 Å². The van der Waals surface area contributed by atoms with Crippen LogP contribution in [0.3, 0.4) is 0 Å². The van der Waals surface area contributed by atoms with E-state index < -0.39 is 0 Å². The summed E-state index contributed by atoms with van der Waals surface area (Å²) in [5.41, 5.74) is 0. The predicted octanol–water partition coefficient (Wildman–Crippen LogP) is 2.23. The first kappa shape index (κ1) is 12.3. The van der Waals surface area contributed by atoms with Gasteiger partial charge in [0.15, 0.2) is 0 Å². The van der Waals surface area contributed by atoms with Gasteiger partial charge < -0.3 is 5.32 Å². The third kappa shape index (κ3) is 4.63. The van der Waals surface area contributed by atoms with Crippen molar-refractivity contribution in [2.75, 3.05) is 23.8 Å². The van der Waals surface area contributed by atoms with Gasteiger partial charge in [-0.15, -0.1) is 18.2 Å². The summed E-state index contributed by atoms with van der Waals surface area (Å²) in [6.45, 7) is 3.43. The molecule has 1 heterocycles. The molecule has 1 saturated heterocycles. The highest BCUT2D eigenvalue weighted by Gasteiger charge is 2.20. The molecule has 0 aromatic carbocycles. The summed E-state index contributed by atoms with van der Waals surface area (Å²) in [4.78, 5) is 0. The van der Waals surface area contributed by atoms with Crippen molar-refractivity contribution in [1.82, 2.24) is 5.32 Å². The fourth-order valence-corrected chi connectivity index (χ4v) is 3.33. The third-order valence-electron chi connectivity index (χ3n) is 2.45. The summed E-state index contributed by atoms with van der Waals surface area (Å²) in [6.07, 6.45) is 7.89. The van der Waals surface area contributed by atoms with Crippen molar-refractivity contribution in [2.45, 2.75) is 31.1 Å². The van der Waals surface area contributed by atoms with Gasteiger partial charge in [0.05, 0.1) is 5.75 Å². The first-order valence-electron chi connectivity index (χ1n) is 5.21. The van der Waals surface area contributed by atoms with Gasteiger partial charge in [0, 0.05) is 23.6 Å². The van der Waals surface area contributed by atoms with Crippen molar-refractivity contribution in [1.29, 1.82) is 0 Å². The molecule has 0 radical (unpaired) electrons. The van der Waals surface area contributed by atoms with Crippen LogP contribution in [0.2, 0.25) is 0 Å². The lowest BCUT2D eigenvalue weighted by atomic mass is 10.1. The highest BCUT2D eigenvalue weighted by Crippen LogP contribution is 2.24. The fraction of sp³-hybridized carbons (Fsp3) is 0.818. The average Bonchev–Trinajstić information content (AvgIpc) is 2.20. The molecule has 1 fully saturated rings. The van der Waals surface area contributed by atoms with Gasteiger partial charge in [-0.3, -0.25) is 0 Å². The molecule has 0 spiro atoms. The van der Waals surface area contributed by atoms with Crippen LogP contribution in [0, 0.1) is 12.3 Å². The number of terminal acetylenes is 1. The van der Waals surface area contributed by atoms with Crippen LogP contribution in [0.15, 0.2) is 0 Å². The molecule has 1 aliphatic heterocycles. The Morgan fingerprint density at radius 3 is 3.21 bits per heavy atom. The van der Waals surface area contributed by atoms with Crippen LogP contribution in [-0.4, -0.2) is 35.1 Å². The minimum atomic E-state index is 0.722. The Morgan fingerprint density at radius 2 is 2.50 bits per heavy atom. The lowest BCUT2D eigenvalue weighted by Gasteiger charge is -2.29. The highest BCUT2D eigenvalue weighted by atomic mass is 32.2. The van der Waals surface area contributed by atoms with Gasteiger partial charge in [0.2, 0.25) is 0 Å². The van der Waals surface area contributed by atoms with E-state index in [1.54, 1.807) is 0 Å². The summed E-state index contributed by atoms with van der Waals surface area (Å²) < 4.78 is 0. The van der Waals surface area contributed by atoms with Gasteiger partial charge in [-0.1, -0.05) is 12.8 Å². The monoisotopic (exact) mass is 229 g/mol. The molecule has 0 aliphatic carbocycles. The molecule has 0 saturated carbocycles. The van der Waals surface area contributed by atoms with Gasteiger partial charge in [0.25, 0.3) is 0 Å². The second-order valence-electron chi connectivity index (χ2n) is 3.54. The van der Waals surface area contributed by atoms with Gasteiger partial charge in [-0.05, 0) is 18.6 Å². The minimum absolute atomic E-state index is 0.722. The minimum Gasteiger partial charge on any atom is -0.312 e. The number of hydrogen-bond acceptors (Lipinski definition) is 3. The second kappa shape index (κ2) is 7.50. The second-order valence-corrected chi connectivity index (χ2v) is 6.13. The van der Waals surface area contributed by atoms with Crippen molar-refractivity contribution in [3.8, 4) is 12.3 Å². The number of nitrogens with one attached hydrogen (secondary N) is 1. The Bertz CT molecular complexity index is 188. The van der Waals surface area contributed by atoms with Crippen LogP contribution in [0.4, 0.5) is 0 Å². The molecule has 0 bridgehead atoms. The Morgan fingerprint density at radius 1 is 1.64 bits per heavy atom. The van der Waals surface area contributed by atoms with Gasteiger partial charge in [0.1, 0.15) is 0 Å². The number of hydrogen-bond donors (Lipinski definition) is 1. The van der Waals surface area contributed by atoms with Crippen molar-refractivity contribution in [3.63, 3.8) is 0 Å². The zero-order valence-electron chi connectivity index (χ0n) is 8.79. The van der Waals surface area contributed by atoms with Crippen LogP contribution >= 0.6 is 23.5 Å². The standard InChI is InChI=1S/C11H19NS2/c1-3-7-13-9-6-12-11-5-4-8-14-10(11)2/h1,10-12H,4-9H2,2H3. The SMILES string of the molecule is C#CCSCCNC1CCCSC1C. The van der Waals surface area contributed by atoms with Crippen LogP contribution < -0.4 is 5.32 Å². The van der Waals surface area contributed by atoms with Crippen LogP contribution in [0.25, 0.3) is 0 Å². The molecular formula is C11H19NS2. The maximum atomic E-state index is 5.18. The normalized spacial score (nSPS) is 27.1. The smallest absolute Gasteiger partial charge is 0.0545 e. The van der Waals surface area contributed by atoms with E-state index in [9.17, 15) is 0 Å². The molecular weight excluding hydrogens is 210 g/mol. The van der Waals surface area contributed by atoms with Crippen molar-refractivity contribution < 1.29 is 0 Å². The zero-order valence-corrected chi connectivity index (χ0v) is 10.4. The quantitative estimate of drug-likeness (QED) is 0.573. The molecule has 80 valence electrons. The molecule has 3 heteroatoms. The molecule has 0 aromatic rings. The Balaban J connectivity index is 2.02. The molecule has 2 atom stereocenters. The van der Waals surface area contributed by atoms with E-state index in [-0.39, 0.29) is 0 Å². The maximum absolute atomic E-state index is 5.18. The first-order valence-corrected chi connectivity index (χ1v) is 7.41. The van der Waals surface area contributed by atoms with E-state index in [4.69, 9.17) is 6.42 Å². The van der Waals surface area contributed by atoms with E-state index in [1.807, 2.05) is 11.8 Å². The summed E-state index contributed by atoms with van der Waals surface area (Å²) >= 11 is 3.93. The van der Waals surface area contributed by atoms with E-state index in [0.717, 1.165) is 29.3 Å². The first-order chi connectivity index (χ1) is 6.84. The van der Waals surface area contributed by atoms with E-state index in [2.05, 4.69) is 29.9 Å². The van der Waals surface area contributed by atoms with Crippen molar-refractivity contribution in [3.05, 3.63) is 0 Å². The largest absolute Gasteiger partial charge is 0.312 e. The maximum Gasteiger partial charge on any atom is 0.0545 e. The summed E-state index contributed by atoms with van der Waals surface area (Å²) in [6, 6.07) is 0.722. The van der Waals surface area contributed by atoms with Crippen LogP contribution in [0.5, 0.6) is 0 Å². The fourth-order valence-electron chi connectivity index (χ4n) is 1.64. The Kier molecular flexibility index (Phi) is 6.59. The average molecular weight is 229 g/mol. The van der Waals surface area contributed by atoms with Crippen molar-refractivity contribution >= 4 is 23.5 Å². The lowest BCUT2D eigenvalue weighted by molar-refractivity contribution is 0.477. The number of thioether (sulfide) groups is 2. The van der Waals surface area contributed by atoms with Crippen LogP contribution in [0.1, 0.15) is 19.8 Å². The third-order valence-corrected chi connectivity index (χ3v) is 4.69. The summed E-state index contributed by atoms with van der Waals surface area (Å²) in [5.74, 6) is 5.97. The van der Waals surface area contributed by atoms with Gasteiger partial charge in [-0.25, -0.2) is 0 Å². The topological polar surface area (TPSA) is 12.0 Å². The van der Waals surface area contributed by atoms with E-state index in [0.29, 0.717) is 0 Å².